The molecule has 0 radical (unpaired) electrons. The molecule has 0 bridgehead atoms. The van der Waals surface area contributed by atoms with Crippen LogP contribution in [0.15, 0.2) is 18.2 Å². The van der Waals surface area contributed by atoms with Crippen molar-refractivity contribution in [1.82, 2.24) is 5.32 Å². The lowest BCUT2D eigenvalue weighted by Gasteiger charge is -2.27. The Balaban J connectivity index is 2.88. The summed E-state index contributed by atoms with van der Waals surface area (Å²) >= 11 is 0. The first-order valence-corrected chi connectivity index (χ1v) is 8.93. The molecule has 1 heteroatoms. The number of aryl methyl sites for hydroxylation is 2. The maximum Gasteiger partial charge on any atom is 0.0328 e. The molecule has 1 nitrogen and oxygen atoms in total. The van der Waals surface area contributed by atoms with E-state index in [4.69, 9.17) is 0 Å². The number of hydrogen-bond donors (Lipinski definition) is 1. The summed E-state index contributed by atoms with van der Waals surface area (Å²) in [7, 11) is 0. The van der Waals surface area contributed by atoms with Crippen molar-refractivity contribution < 1.29 is 0 Å². The molecule has 0 amide bonds. The molecule has 0 aromatic heterocycles. The van der Waals surface area contributed by atoms with Crippen LogP contribution in [0.4, 0.5) is 0 Å². The van der Waals surface area contributed by atoms with Gasteiger partial charge in [-0.15, -0.1) is 0 Å². The SMILES string of the molecule is CCCCC(CC)CC(NCCC)c1c(C)cccc1C. The summed E-state index contributed by atoms with van der Waals surface area (Å²) < 4.78 is 0. The molecule has 120 valence electrons. The molecule has 2 atom stereocenters. The van der Waals surface area contributed by atoms with Crippen molar-refractivity contribution in [2.24, 2.45) is 5.92 Å². The van der Waals surface area contributed by atoms with Crippen LogP contribution >= 0.6 is 0 Å². The lowest BCUT2D eigenvalue weighted by Crippen LogP contribution is -2.26. The number of benzene rings is 1. The second kappa shape index (κ2) is 10.00. The van der Waals surface area contributed by atoms with Crippen LogP contribution in [0.25, 0.3) is 0 Å². The summed E-state index contributed by atoms with van der Waals surface area (Å²) in [6, 6.07) is 7.22. The summed E-state index contributed by atoms with van der Waals surface area (Å²) in [6.45, 7) is 12.5. The van der Waals surface area contributed by atoms with E-state index < -0.39 is 0 Å². The maximum atomic E-state index is 3.81. The normalized spacial score (nSPS) is 14.1. The highest BCUT2D eigenvalue weighted by Gasteiger charge is 2.19. The van der Waals surface area contributed by atoms with Gasteiger partial charge in [0.2, 0.25) is 0 Å². The minimum atomic E-state index is 0.521. The average molecular weight is 290 g/mol. The molecular weight excluding hydrogens is 254 g/mol. The fourth-order valence-electron chi connectivity index (χ4n) is 3.31. The Morgan fingerprint density at radius 3 is 2.19 bits per heavy atom. The highest BCUT2D eigenvalue weighted by atomic mass is 14.9. The Hall–Kier alpha value is -0.820. The van der Waals surface area contributed by atoms with E-state index in [-0.39, 0.29) is 0 Å². The highest BCUT2D eigenvalue weighted by Crippen LogP contribution is 2.30. The minimum Gasteiger partial charge on any atom is -0.310 e. The largest absolute Gasteiger partial charge is 0.310 e. The molecule has 0 saturated carbocycles. The Labute approximate surface area is 132 Å². The van der Waals surface area contributed by atoms with E-state index in [1.165, 1.54) is 49.7 Å². The molecule has 0 heterocycles. The van der Waals surface area contributed by atoms with Gasteiger partial charge in [0.05, 0.1) is 0 Å². The monoisotopic (exact) mass is 289 g/mol. The van der Waals surface area contributed by atoms with Gasteiger partial charge in [-0.25, -0.2) is 0 Å². The molecule has 1 rings (SSSR count). The minimum absolute atomic E-state index is 0.521. The number of unbranched alkanes of at least 4 members (excludes halogenated alkanes) is 1. The van der Waals surface area contributed by atoms with Crippen LogP contribution in [0.2, 0.25) is 0 Å². The molecule has 2 unspecified atom stereocenters. The van der Waals surface area contributed by atoms with E-state index >= 15 is 0 Å². The van der Waals surface area contributed by atoms with Gasteiger partial charge < -0.3 is 5.32 Å². The van der Waals surface area contributed by atoms with Crippen LogP contribution in [-0.2, 0) is 0 Å². The topological polar surface area (TPSA) is 12.0 Å². The van der Waals surface area contributed by atoms with Crippen molar-refractivity contribution >= 4 is 0 Å². The molecule has 1 N–H and O–H groups in total. The molecule has 0 aliphatic carbocycles. The van der Waals surface area contributed by atoms with Crippen molar-refractivity contribution in [3.8, 4) is 0 Å². The Kier molecular flexibility index (Phi) is 8.68. The van der Waals surface area contributed by atoms with Crippen molar-refractivity contribution in [2.45, 2.75) is 79.2 Å². The zero-order valence-corrected chi connectivity index (χ0v) is 14.8. The van der Waals surface area contributed by atoms with Crippen molar-refractivity contribution in [1.29, 1.82) is 0 Å². The zero-order valence-electron chi connectivity index (χ0n) is 14.8. The van der Waals surface area contributed by atoms with Crippen molar-refractivity contribution in [2.75, 3.05) is 6.54 Å². The molecule has 0 fully saturated rings. The van der Waals surface area contributed by atoms with E-state index in [1.54, 1.807) is 5.56 Å². The van der Waals surface area contributed by atoms with Crippen molar-refractivity contribution in [3.05, 3.63) is 34.9 Å². The predicted molar refractivity (Wildman–Crippen MR) is 94.9 cm³/mol. The lowest BCUT2D eigenvalue weighted by atomic mass is 9.86. The first-order chi connectivity index (χ1) is 10.1. The quantitative estimate of drug-likeness (QED) is 0.561. The van der Waals surface area contributed by atoms with E-state index in [0.29, 0.717) is 6.04 Å². The Bertz CT molecular complexity index is 377. The number of nitrogens with one attached hydrogen (secondary N) is 1. The molecule has 1 aromatic carbocycles. The van der Waals surface area contributed by atoms with Crippen LogP contribution in [0.5, 0.6) is 0 Å². The van der Waals surface area contributed by atoms with Gasteiger partial charge in [0.1, 0.15) is 0 Å². The molecule has 0 aliphatic rings. The third-order valence-electron chi connectivity index (χ3n) is 4.64. The second-order valence-corrected chi connectivity index (χ2v) is 6.46. The van der Waals surface area contributed by atoms with Gasteiger partial charge in [0, 0.05) is 6.04 Å². The smallest absolute Gasteiger partial charge is 0.0328 e. The van der Waals surface area contributed by atoms with Gasteiger partial charge >= 0.3 is 0 Å². The summed E-state index contributed by atoms with van der Waals surface area (Å²) in [4.78, 5) is 0. The van der Waals surface area contributed by atoms with Gasteiger partial charge in [-0.1, -0.05) is 64.7 Å². The summed E-state index contributed by atoms with van der Waals surface area (Å²) in [6.07, 6.45) is 7.84. The van der Waals surface area contributed by atoms with Crippen LogP contribution < -0.4 is 5.32 Å². The van der Waals surface area contributed by atoms with Crippen LogP contribution in [-0.4, -0.2) is 6.54 Å². The Morgan fingerprint density at radius 1 is 1.00 bits per heavy atom. The van der Waals surface area contributed by atoms with Crippen LogP contribution in [0.1, 0.15) is 82.0 Å². The van der Waals surface area contributed by atoms with Gasteiger partial charge in [0.25, 0.3) is 0 Å². The van der Waals surface area contributed by atoms with E-state index in [0.717, 1.165) is 12.5 Å². The van der Waals surface area contributed by atoms with E-state index in [9.17, 15) is 0 Å². The fourth-order valence-corrected chi connectivity index (χ4v) is 3.31. The molecule has 1 aromatic rings. The Morgan fingerprint density at radius 2 is 1.67 bits per heavy atom. The van der Waals surface area contributed by atoms with Gasteiger partial charge in [-0.05, 0) is 55.8 Å². The van der Waals surface area contributed by atoms with E-state index in [1.807, 2.05) is 0 Å². The maximum absolute atomic E-state index is 3.81. The summed E-state index contributed by atoms with van der Waals surface area (Å²) in [5, 5.41) is 3.81. The zero-order chi connectivity index (χ0) is 15.7. The third-order valence-corrected chi connectivity index (χ3v) is 4.64. The first-order valence-electron chi connectivity index (χ1n) is 8.93. The summed E-state index contributed by atoms with van der Waals surface area (Å²) in [5.41, 5.74) is 4.42. The molecule has 21 heavy (non-hydrogen) atoms. The van der Waals surface area contributed by atoms with Gasteiger partial charge in [-0.2, -0.15) is 0 Å². The standard InChI is InChI=1S/C20H35N/c1-6-9-13-18(8-3)15-19(21-14-7-2)20-16(4)11-10-12-17(20)5/h10-12,18-19,21H,6-9,13-15H2,1-5H3. The summed E-state index contributed by atoms with van der Waals surface area (Å²) in [5.74, 6) is 0.846. The van der Waals surface area contributed by atoms with Crippen molar-refractivity contribution in [3.63, 3.8) is 0 Å². The first kappa shape index (κ1) is 18.2. The third kappa shape index (κ3) is 5.82. The molecule has 0 saturated heterocycles. The van der Waals surface area contributed by atoms with Crippen LogP contribution in [0.3, 0.4) is 0 Å². The van der Waals surface area contributed by atoms with Gasteiger partial charge in [-0.3, -0.25) is 0 Å². The number of hydrogen-bond acceptors (Lipinski definition) is 1. The number of rotatable bonds is 10. The molecule has 0 spiro atoms. The molecule has 0 aliphatic heterocycles. The lowest BCUT2D eigenvalue weighted by molar-refractivity contribution is 0.352. The van der Waals surface area contributed by atoms with Gasteiger partial charge in [0.15, 0.2) is 0 Å². The second-order valence-electron chi connectivity index (χ2n) is 6.46. The van der Waals surface area contributed by atoms with E-state index in [2.05, 4.69) is 58.1 Å². The molecular formula is C20H35N. The van der Waals surface area contributed by atoms with Crippen LogP contribution in [0, 0.1) is 19.8 Å². The average Bonchev–Trinajstić information content (AvgIpc) is 2.48. The predicted octanol–water partition coefficient (Wildman–Crippen LogP) is 5.95. The highest BCUT2D eigenvalue weighted by molar-refractivity contribution is 5.36. The fraction of sp³-hybridized carbons (Fsp3) is 0.700.